The summed E-state index contributed by atoms with van der Waals surface area (Å²) in [5, 5.41) is 14.1. The molecule has 0 bridgehead atoms. The summed E-state index contributed by atoms with van der Waals surface area (Å²) in [6.07, 6.45) is 18.3. The van der Waals surface area contributed by atoms with Gasteiger partial charge in [0, 0.05) is 42.8 Å². The Bertz CT molecular complexity index is 1040. The molecule has 1 aromatic rings. The second-order valence-electron chi connectivity index (χ2n) is 9.24. The quantitative estimate of drug-likeness (QED) is 0.356. The lowest BCUT2D eigenvalue weighted by Crippen LogP contribution is -2.26. The molecule has 0 aromatic heterocycles. The minimum atomic E-state index is -0.288. The van der Waals surface area contributed by atoms with Crippen LogP contribution in [0.25, 0.3) is 6.08 Å². The third-order valence-electron chi connectivity index (χ3n) is 6.55. The van der Waals surface area contributed by atoms with Gasteiger partial charge in [-0.25, -0.2) is 0 Å². The van der Waals surface area contributed by atoms with E-state index in [1.165, 1.54) is 11.1 Å². The van der Waals surface area contributed by atoms with Crippen molar-refractivity contribution in [1.29, 1.82) is 0 Å². The number of nitrogens with zero attached hydrogens (tertiary/aromatic N) is 1. The van der Waals surface area contributed by atoms with Crippen LogP contribution in [0.4, 0.5) is 0 Å². The van der Waals surface area contributed by atoms with Gasteiger partial charge in [-0.2, -0.15) is 0 Å². The predicted octanol–water partition coefficient (Wildman–Crippen LogP) is 6.24. The summed E-state index contributed by atoms with van der Waals surface area (Å²) >= 11 is 0. The third kappa shape index (κ3) is 6.16. The summed E-state index contributed by atoms with van der Waals surface area (Å²) in [5.74, 6) is 0.373. The number of allylic oxidation sites excluding steroid dienone is 5. The standard InChI is InChI=1S/C29H36N2O3/c1-4-5-9-24(18-28(32)22-7-6-8-22)31-21(3)27-17-20(2)16-23-19-30-29(11-10-26(23)27)34-25-12-14-33-15-13-25/h4-5,9-11,16-19,21,25,29,31-32H,1,6-8,12-15H2,2-3H3/b9-5-,24-18-. The van der Waals surface area contributed by atoms with Gasteiger partial charge in [-0.05, 0) is 80.9 Å². The van der Waals surface area contributed by atoms with Crippen LogP contribution in [-0.4, -0.2) is 36.9 Å². The van der Waals surface area contributed by atoms with Crippen LogP contribution >= 0.6 is 0 Å². The van der Waals surface area contributed by atoms with Crippen molar-refractivity contribution in [3.8, 4) is 0 Å². The van der Waals surface area contributed by atoms with E-state index < -0.39 is 0 Å². The van der Waals surface area contributed by atoms with Crippen molar-refractivity contribution in [3.63, 3.8) is 0 Å². The number of hydrogen-bond acceptors (Lipinski definition) is 5. The molecule has 1 saturated heterocycles. The molecule has 0 spiro atoms. The molecule has 3 aliphatic rings. The third-order valence-corrected chi connectivity index (χ3v) is 6.55. The molecule has 1 aliphatic carbocycles. The zero-order valence-electron chi connectivity index (χ0n) is 20.3. The number of nitrogens with one attached hydrogen (secondary N) is 1. The van der Waals surface area contributed by atoms with Gasteiger partial charge in [0.1, 0.15) is 5.76 Å². The number of aliphatic hydroxyl groups is 1. The summed E-state index contributed by atoms with van der Waals surface area (Å²) in [6, 6.07) is 4.39. The molecule has 5 nitrogen and oxygen atoms in total. The summed E-state index contributed by atoms with van der Waals surface area (Å²) < 4.78 is 11.7. The maximum Gasteiger partial charge on any atom is 0.167 e. The minimum Gasteiger partial charge on any atom is -0.508 e. The first-order valence-corrected chi connectivity index (χ1v) is 12.3. The van der Waals surface area contributed by atoms with E-state index in [1.807, 2.05) is 30.5 Å². The molecule has 1 aromatic carbocycles. The molecule has 2 N–H and O–H groups in total. The van der Waals surface area contributed by atoms with E-state index in [0.29, 0.717) is 5.76 Å². The largest absolute Gasteiger partial charge is 0.508 e. The Morgan fingerprint density at radius 3 is 2.79 bits per heavy atom. The zero-order valence-corrected chi connectivity index (χ0v) is 20.3. The van der Waals surface area contributed by atoms with Crippen LogP contribution in [0, 0.1) is 6.92 Å². The highest BCUT2D eigenvalue weighted by atomic mass is 16.5. The van der Waals surface area contributed by atoms with E-state index >= 15 is 0 Å². The van der Waals surface area contributed by atoms with Crippen LogP contribution < -0.4 is 5.32 Å². The van der Waals surface area contributed by atoms with Crippen molar-refractivity contribution in [1.82, 2.24) is 5.32 Å². The molecular formula is C29H36N2O3. The van der Waals surface area contributed by atoms with Crippen molar-refractivity contribution in [2.24, 2.45) is 4.99 Å². The normalized spacial score (nSPS) is 21.6. The van der Waals surface area contributed by atoms with E-state index in [9.17, 15) is 5.11 Å². The highest BCUT2D eigenvalue weighted by Crippen LogP contribution is 2.30. The van der Waals surface area contributed by atoms with Gasteiger partial charge in [0.15, 0.2) is 6.23 Å². The van der Waals surface area contributed by atoms with Crippen LogP contribution in [0.2, 0.25) is 0 Å². The number of rotatable bonds is 8. The average molecular weight is 461 g/mol. The monoisotopic (exact) mass is 460 g/mol. The number of ether oxygens (including phenoxy) is 2. The molecule has 2 aliphatic heterocycles. The summed E-state index contributed by atoms with van der Waals surface area (Å²) in [7, 11) is 0. The molecule has 34 heavy (non-hydrogen) atoms. The van der Waals surface area contributed by atoms with Gasteiger partial charge in [0.25, 0.3) is 0 Å². The molecule has 2 unspecified atom stereocenters. The Balaban J connectivity index is 1.56. The molecule has 2 atom stereocenters. The number of benzene rings is 1. The molecule has 1 saturated carbocycles. The maximum atomic E-state index is 10.5. The molecule has 180 valence electrons. The number of aliphatic hydroxyl groups excluding tert-OH is 1. The topological polar surface area (TPSA) is 63.1 Å². The van der Waals surface area contributed by atoms with Gasteiger partial charge in [-0.1, -0.05) is 36.4 Å². The van der Waals surface area contributed by atoms with E-state index in [2.05, 4.69) is 44.0 Å². The van der Waals surface area contributed by atoms with Crippen molar-refractivity contribution in [2.75, 3.05) is 13.2 Å². The first-order chi connectivity index (χ1) is 16.5. The molecule has 0 radical (unpaired) electrons. The lowest BCUT2D eigenvalue weighted by Gasteiger charge is -2.24. The van der Waals surface area contributed by atoms with E-state index in [4.69, 9.17) is 14.5 Å². The fraction of sp³-hybridized carbons (Fsp3) is 0.414. The summed E-state index contributed by atoms with van der Waals surface area (Å²) in [4.78, 5) is 4.71. The minimum absolute atomic E-state index is 0.0135. The van der Waals surface area contributed by atoms with Crippen LogP contribution in [0.1, 0.15) is 67.3 Å². The smallest absolute Gasteiger partial charge is 0.167 e. The van der Waals surface area contributed by atoms with Crippen molar-refractivity contribution in [3.05, 3.63) is 88.4 Å². The molecule has 2 fully saturated rings. The van der Waals surface area contributed by atoms with Crippen molar-refractivity contribution in [2.45, 2.75) is 64.3 Å². The van der Waals surface area contributed by atoms with Gasteiger partial charge in [-0.3, -0.25) is 4.99 Å². The molecular weight excluding hydrogens is 424 g/mol. The number of aryl methyl sites for hydroxylation is 1. The Kier molecular flexibility index (Phi) is 8.20. The van der Waals surface area contributed by atoms with Gasteiger partial charge in [-0.15, -0.1) is 0 Å². The van der Waals surface area contributed by atoms with E-state index in [-0.39, 0.29) is 18.4 Å². The molecule has 2 heterocycles. The fourth-order valence-electron chi connectivity index (χ4n) is 4.48. The Morgan fingerprint density at radius 1 is 1.29 bits per heavy atom. The Hall–Kier alpha value is -2.89. The van der Waals surface area contributed by atoms with Crippen LogP contribution in [-0.2, 0) is 9.47 Å². The van der Waals surface area contributed by atoms with E-state index in [0.717, 1.165) is 67.7 Å². The fourth-order valence-corrected chi connectivity index (χ4v) is 4.48. The van der Waals surface area contributed by atoms with Gasteiger partial charge >= 0.3 is 0 Å². The summed E-state index contributed by atoms with van der Waals surface area (Å²) in [6.45, 7) is 9.53. The average Bonchev–Trinajstić information content (AvgIpc) is 2.98. The van der Waals surface area contributed by atoms with Crippen molar-refractivity contribution >= 4 is 12.3 Å². The van der Waals surface area contributed by atoms with Crippen LogP contribution in [0.5, 0.6) is 0 Å². The van der Waals surface area contributed by atoms with Crippen LogP contribution in [0.3, 0.4) is 0 Å². The Morgan fingerprint density at radius 2 is 2.09 bits per heavy atom. The SMILES string of the molecule is C=C/C=C\C(=C\C(O)=C1CCC1)NC(C)c1cc(C)cc2c1C=CC(OC1CCOCC1)N=C2. The predicted molar refractivity (Wildman–Crippen MR) is 139 cm³/mol. The first-order valence-electron chi connectivity index (χ1n) is 12.3. The van der Waals surface area contributed by atoms with E-state index in [1.54, 1.807) is 6.08 Å². The highest BCUT2D eigenvalue weighted by molar-refractivity contribution is 5.88. The zero-order chi connectivity index (χ0) is 23.9. The molecule has 0 amide bonds. The Labute approximate surface area is 203 Å². The first kappa shape index (κ1) is 24.2. The molecule has 4 rings (SSSR count). The lowest BCUT2D eigenvalue weighted by molar-refractivity contribution is -0.0502. The lowest BCUT2D eigenvalue weighted by atomic mass is 9.91. The summed E-state index contributed by atoms with van der Waals surface area (Å²) in [5.41, 5.74) is 6.56. The van der Waals surface area contributed by atoms with Gasteiger partial charge < -0.3 is 19.9 Å². The second kappa shape index (κ2) is 11.5. The van der Waals surface area contributed by atoms with Gasteiger partial charge in [0.05, 0.1) is 6.10 Å². The van der Waals surface area contributed by atoms with Gasteiger partial charge in [0.2, 0.25) is 0 Å². The molecule has 5 heteroatoms. The van der Waals surface area contributed by atoms with Crippen molar-refractivity contribution < 1.29 is 14.6 Å². The second-order valence-corrected chi connectivity index (χ2v) is 9.24. The highest BCUT2D eigenvalue weighted by Gasteiger charge is 2.20. The van der Waals surface area contributed by atoms with Crippen LogP contribution in [0.15, 0.2) is 71.1 Å². The number of hydrogen-bond donors (Lipinski definition) is 2. The number of aliphatic imine (C=N–C) groups is 1. The maximum absolute atomic E-state index is 10.5. The number of fused-ring (bicyclic) bond motifs is 1.